The first-order valence-corrected chi connectivity index (χ1v) is 9.70. The first kappa shape index (κ1) is 20.5. The molecule has 2 aliphatic rings. The van der Waals surface area contributed by atoms with E-state index in [1.165, 1.54) is 6.08 Å². The molecular formula is C12H18BrN2O9P. The Morgan fingerprint density at radius 1 is 1.44 bits per heavy atom. The Kier molecular flexibility index (Phi) is 6.39. The molecule has 0 radical (unpaired) electrons. The molecule has 7 N–H and O–H groups in total. The van der Waals surface area contributed by atoms with E-state index in [4.69, 9.17) is 15.6 Å². The van der Waals surface area contributed by atoms with Gasteiger partial charge >= 0.3 is 13.6 Å². The molecule has 0 bridgehead atoms. The second-order valence-corrected chi connectivity index (χ2v) is 8.43. The van der Waals surface area contributed by atoms with E-state index < -0.39 is 68.7 Å². The van der Waals surface area contributed by atoms with Crippen LogP contribution in [0, 0.1) is 5.92 Å². The number of aliphatic hydroxyl groups is 2. The number of nitrogens with two attached hydrogens (primary N) is 1. The van der Waals surface area contributed by atoms with Gasteiger partial charge in [0.2, 0.25) is 5.91 Å². The van der Waals surface area contributed by atoms with E-state index in [0.29, 0.717) is 4.48 Å². The zero-order valence-corrected chi connectivity index (χ0v) is 15.2. The first-order valence-electron chi connectivity index (χ1n) is 7.15. The lowest BCUT2D eigenvalue weighted by Gasteiger charge is -2.29. The van der Waals surface area contributed by atoms with Crippen LogP contribution in [0.3, 0.4) is 0 Å². The van der Waals surface area contributed by atoms with E-state index in [1.54, 1.807) is 0 Å². The van der Waals surface area contributed by atoms with Gasteiger partial charge in [-0.1, -0.05) is 22.0 Å². The first-order chi connectivity index (χ1) is 11.5. The maximum Gasteiger partial charge on any atom is 0.339 e. The Morgan fingerprint density at radius 2 is 2.08 bits per heavy atom. The van der Waals surface area contributed by atoms with Crippen LogP contribution in [0.4, 0.5) is 0 Å². The summed E-state index contributed by atoms with van der Waals surface area (Å²) >= 11 is 3.17. The number of nitrogens with one attached hydrogen (secondary N) is 1. The molecule has 0 aromatic heterocycles. The summed E-state index contributed by atoms with van der Waals surface area (Å²) in [6.07, 6.45) is -5.72. The predicted octanol–water partition coefficient (Wildman–Crippen LogP) is -1.93. The molecule has 7 atom stereocenters. The Morgan fingerprint density at radius 3 is 2.68 bits per heavy atom. The van der Waals surface area contributed by atoms with Gasteiger partial charge in [-0.2, -0.15) is 0 Å². The molecule has 2 heterocycles. The van der Waals surface area contributed by atoms with Gasteiger partial charge in [0.15, 0.2) is 0 Å². The number of amides is 1. The van der Waals surface area contributed by atoms with Crippen molar-refractivity contribution in [1.82, 2.24) is 5.32 Å². The SMILES string of the molecule is NC1NC(=O)C(C2OC(COP(=O)(O)CC(=O)O)C(O)C2O)C=C1Br. The van der Waals surface area contributed by atoms with Crippen LogP contribution in [0.5, 0.6) is 0 Å². The van der Waals surface area contributed by atoms with Crippen molar-refractivity contribution in [3.05, 3.63) is 10.6 Å². The van der Waals surface area contributed by atoms with E-state index in [2.05, 4.69) is 25.8 Å². The van der Waals surface area contributed by atoms with Crippen LogP contribution in [0.2, 0.25) is 0 Å². The number of carbonyl (C=O) groups is 2. The maximum absolute atomic E-state index is 12.0. The number of hydrogen-bond donors (Lipinski definition) is 6. The second-order valence-electron chi connectivity index (χ2n) is 5.67. The minimum atomic E-state index is -4.42. The molecular weight excluding hydrogens is 427 g/mol. The summed E-state index contributed by atoms with van der Waals surface area (Å²) in [5.41, 5.74) is 5.63. The highest BCUT2D eigenvalue weighted by Crippen LogP contribution is 2.42. The van der Waals surface area contributed by atoms with Gasteiger partial charge in [-0.3, -0.25) is 14.2 Å². The van der Waals surface area contributed by atoms with Crippen LogP contribution in [-0.2, 0) is 23.4 Å². The van der Waals surface area contributed by atoms with Gasteiger partial charge < -0.3 is 40.5 Å². The van der Waals surface area contributed by atoms with Crippen LogP contribution in [-0.4, -0.2) is 75.4 Å². The lowest BCUT2D eigenvalue weighted by Crippen LogP contribution is -2.52. The number of aliphatic hydroxyl groups excluding tert-OH is 2. The van der Waals surface area contributed by atoms with Crippen LogP contribution in [0.15, 0.2) is 10.6 Å². The summed E-state index contributed by atoms with van der Waals surface area (Å²) in [6, 6.07) is 0. The van der Waals surface area contributed by atoms with Gasteiger partial charge in [-0.25, -0.2) is 0 Å². The van der Waals surface area contributed by atoms with E-state index >= 15 is 0 Å². The normalized spacial score (nSPS) is 38.0. The number of carbonyl (C=O) groups excluding carboxylic acids is 1. The van der Waals surface area contributed by atoms with Crippen LogP contribution in [0.1, 0.15) is 0 Å². The monoisotopic (exact) mass is 444 g/mol. The second kappa shape index (κ2) is 7.80. The van der Waals surface area contributed by atoms with Crippen molar-refractivity contribution < 1.29 is 43.6 Å². The highest BCUT2D eigenvalue weighted by Gasteiger charge is 2.49. The summed E-state index contributed by atoms with van der Waals surface area (Å²) < 4.78 is 22.0. The molecule has 13 heteroatoms. The van der Waals surface area contributed by atoms with E-state index in [0.717, 1.165) is 0 Å². The zero-order valence-electron chi connectivity index (χ0n) is 12.7. The molecule has 0 saturated carbocycles. The van der Waals surface area contributed by atoms with Crippen molar-refractivity contribution in [3.8, 4) is 0 Å². The summed E-state index contributed by atoms with van der Waals surface area (Å²) in [7, 11) is -4.42. The zero-order chi connectivity index (χ0) is 18.9. The van der Waals surface area contributed by atoms with Gasteiger partial charge in [0, 0.05) is 4.48 Å². The van der Waals surface area contributed by atoms with Gasteiger partial charge in [0.1, 0.15) is 36.7 Å². The van der Waals surface area contributed by atoms with E-state index in [1.807, 2.05) is 0 Å². The minimum Gasteiger partial charge on any atom is -0.481 e. The fourth-order valence-electron chi connectivity index (χ4n) is 2.53. The average molecular weight is 445 g/mol. The van der Waals surface area contributed by atoms with E-state index in [9.17, 15) is 29.3 Å². The predicted molar refractivity (Wildman–Crippen MR) is 85.6 cm³/mol. The third-order valence-electron chi connectivity index (χ3n) is 3.77. The van der Waals surface area contributed by atoms with Crippen LogP contribution < -0.4 is 11.1 Å². The molecule has 0 aromatic carbocycles. The molecule has 11 nitrogen and oxygen atoms in total. The van der Waals surface area contributed by atoms with Gasteiger partial charge in [0.05, 0.1) is 12.5 Å². The number of carboxylic acid groups (broad SMARTS) is 1. The van der Waals surface area contributed by atoms with Crippen molar-refractivity contribution >= 4 is 35.4 Å². The topological polar surface area (TPSA) is 189 Å². The van der Waals surface area contributed by atoms with Crippen molar-refractivity contribution in [2.45, 2.75) is 30.6 Å². The van der Waals surface area contributed by atoms with Gasteiger partial charge in [-0.05, 0) is 0 Å². The van der Waals surface area contributed by atoms with E-state index in [-0.39, 0.29) is 0 Å². The Hall–Kier alpha value is -0.850. The van der Waals surface area contributed by atoms with Gasteiger partial charge in [0.25, 0.3) is 0 Å². The van der Waals surface area contributed by atoms with Crippen molar-refractivity contribution in [2.24, 2.45) is 11.7 Å². The molecule has 0 aliphatic carbocycles. The molecule has 2 rings (SSSR count). The maximum atomic E-state index is 12.0. The number of hydrogen-bond acceptors (Lipinski definition) is 8. The number of ether oxygens (including phenoxy) is 1. The smallest absolute Gasteiger partial charge is 0.339 e. The van der Waals surface area contributed by atoms with Crippen molar-refractivity contribution in [2.75, 3.05) is 12.8 Å². The molecule has 25 heavy (non-hydrogen) atoms. The Balaban J connectivity index is 2.04. The molecule has 1 amide bonds. The number of carboxylic acids is 1. The Labute approximate surface area is 150 Å². The molecule has 0 aromatic rings. The molecule has 1 saturated heterocycles. The summed E-state index contributed by atoms with van der Waals surface area (Å²) in [5.74, 6) is -3.00. The Bertz CT molecular complexity index is 630. The molecule has 0 spiro atoms. The highest BCUT2D eigenvalue weighted by molar-refractivity contribution is 9.11. The highest BCUT2D eigenvalue weighted by atomic mass is 79.9. The lowest BCUT2D eigenvalue weighted by molar-refractivity contribution is -0.134. The van der Waals surface area contributed by atoms with Gasteiger partial charge in [-0.15, -0.1) is 0 Å². The average Bonchev–Trinajstić information content (AvgIpc) is 2.76. The third-order valence-corrected chi connectivity index (χ3v) is 5.75. The summed E-state index contributed by atoms with van der Waals surface area (Å²) in [6.45, 7) is -0.630. The fraction of sp³-hybridized carbons (Fsp3) is 0.667. The molecule has 142 valence electrons. The number of aliphatic carboxylic acids is 1. The largest absolute Gasteiger partial charge is 0.481 e. The number of halogens is 1. The quantitative estimate of drug-likeness (QED) is 0.251. The summed E-state index contributed by atoms with van der Waals surface area (Å²) in [5, 5.41) is 31.1. The molecule has 1 fully saturated rings. The van der Waals surface area contributed by atoms with Crippen LogP contribution in [0.25, 0.3) is 0 Å². The lowest BCUT2D eigenvalue weighted by atomic mass is 9.93. The van der Waals surface area contributed by atoms with Crippen molar-refractivity contribution in [1.29, 1.82) is 0 Å². The van der Waals surface area contributed by atoms with Crippen LogP contribution >= 0.6 is 23.5 Å². The third kappa shape index (κ3) is 4.86. The number of rotatable bonds is 6. The standard InChI is InChI=1S/C12H18BrN2O9P/c13-5-1-4(12(20)15-11(5)14)10-9(19)8(18)6(24-10)2-23-25(21,22)3-7(16)17/h1,4,6,8-11,18-19H,2-3,14H2,(H,15,20)(H,16,17)(H,21,22). The fourth-order valence-corrected chi connectivity index (χ4v) is 3.74. The minimum absolute atomic E-state index is 0.461. The summed E-state index contributed by atoms with van der Waals surface area (Å²) in [4.78, 5) is 31.9. The molecule has 7 unspecified atom stereocenters. The van der Waals surface area contributed by atoms with Crippen molar-refractivity contribution in [3.63, 3.8) is 0 Å². The molecule has 2 aliphatic heterocycles.